The number of ether oxygens (including phenoxy) is 1. The maximum Gasteiger partial charge on any atom is 0.101 e. The van der Waals surface area contributed by atoms with Gasteiger partial charge >= 0.3 is 0 Å². The monoisotopic (exact) mass is 340 g/mol. The molecular formula is C22H32N2O. The highest BCUT2D eigenvalue weighted by atomic mass is 16.5. The lowest BCUT2D eigenvalue weighted by Crippen LogP contribution is -2.24. The number of allylic oxidation sites excluding steroid dienone is 5. The molecule has 0 aromatic rings. The summed E-state index contributed by atoms with van der Waals surface area (Å²) in [6.45, 7) is 15.4. The molecule has 0 bridgehead atoms. The summed E-state index contributed by atoms with van der Waals surface area (Å²) in [6, 6.07) is 2.36. The maximum atomic E-state index is 9.63. The number of nitriles is 1. The molecule has 0 amide bonds. The molecule has 25 heavy (non-hydrogen) atoms. The number of hydrogen-bond donors (Lipinski definition) is 1. The van der Waals surface area contributed by atoms with Gasteiger partial charge in [-0.3, -0.25) is 0 Å². The van der Waals surface area contributed by atoms with E-state index in [1.807, 2.05) is 13.0 Å². The normalized spacial score (nSPS) is 26.2. The fourth-order valence-electron chi connectivity index (χ4n) is 3.13. The average Bonchev–Trinajstić information content (AvgIpc) is 2.61. The van der Waals surface area contributed by atoms with Crippen molar-refractivity contribution in [2.45, 2.75) is 46.1 Å². The van der Waals surface area contributed by atoms with Crippen LogP contribution in [0.25, 0.3) is 0 Å². The van der Waals surface area contributed by atoms with Gasteiger partial charge in [-0.15, -0.1) is 6.58 Å². The quantitative estimate of drug-likeness (QED) is 0.561. The van der Waals surface area contributed by atoms with Gasteiger partial charge in [0.2, 0.25) is 0 Å². The molecule has 1 rings (SSSR count). The van der Waals surface area contributed by atoms with Crippen LogP contribution < -0.4 is 5.32 Å². The molecule has 1 N–H and O–H groups in total. The first kappa shape index (κ1) is 21.0. The van der Waals surface area contributed by atoms with Crippen LogP contribution in [0.2, 0.25) is 0 Å². The third kappa shape index (κ3) is 6.76. The minimum atomic E-state index is 0.102. The molecule has 0 fully saturated rings. The van der Waals surface area contributed by atoms with Crippen LogP contribution in [0.4, 0.5) is 0 Å². The number of nitrogens with zero attached hydrogens (tertiary/aromatic N) is 1. The molecular weight excluding hydrogens is 308 g/mol. The van der Waals surface area contributed by atoms with Gasteiger partial charge < -0.3 is 10.1 Å². The van der Waals surface area contributed by atoms with Gasteiger partial charge in [0.15, 0.2) is 0 Å². The summed E-state index contributed by atoms with van der Waals surface area (Å²) in [5, 5.41) is 12.9. The van der Waals surface area contributed by atoms with Crippen molar-refractivity contribution in [2.75, 3.05) is 13.2 Å². The summed E-state index contributed by atoms with van der Waals surface area (Å²) in [5.74, 6) is 0.566. The standard InChI is InChI=1S/C22H32N2O/c1-6-13-24-22-12-11-21(19(7-2)8-3)18(5)25-14-9-10-17(4)15-20(22)16-23/h6-8,12,15,17-18,21,24H,1-2,9-11,13-14H2,3-5H3/b19-8+,20-15?,22-12?/t17?,18-,21?/m0/s1. The first-order chi connectivity index (χ1) is 12.1. The lowest BCUT2D eigenvalue weighted by atomic mass is 9.89. The van der Waals surface area contributed by atoms with E-state index in [1.165, 1.54) is 5.57 Å². The van der Waals surface area contributed by atoms with Crippen LogP contribution >= 0.6 is 0 Å². The van der Waals surface area contributed by atoms with Crippen molar-refractivity contribution < 1.29 is 4.74 Å². The Balaban J connectivity index is 3.25. The van der Waals surface area contributed by atoms with Gasteiger partial charge in [0, 0.05) is 24.8 Å². The van der Waals surface area contributed by atoms with Crippen LogP contribution in [0, 0.1) is 23.2 Å². The van der Waals surface area contributed by atoms with Gasteiger partial charge in [0.25, 0.3) is 0 Å². The van der Waals surface area contributed by atoms with E-state index in [1.54, 1.807) is 6.08 Å². The first-order valence-corrected chi connectivity index (χ1v) is 9.14. The van der Waals surface area contributed by atoms with Crippen molar-refractivity contribution in [3.63, 3.8) is 0 Å². The van der Waals surface area contributed by atoms with E-state index >= 15 is 0 Å². The zero-order valence-electron chi connectivity index (χ0n) is 15.9. The fourth-order valence-corrected chi connectivity index (χ4v) is 3.13. The molecule has 0 aliphatic carbocycles. The van der Waals surface area contributed by atoms with E-state index in [4.69, 9.17) is 4.74 Å². The minimum Gasteiger partial charge on any atom is -0.381 e. The molecule has 0 aromatic carbocycles. The molecule has 0 saturated heterocycles. The van der Waals surface area contributed by atoms with Crippen molar-refractivity contribution in [3.05, 3.63) is 60.4 Å². The molecule has 0 aromatic heterocycles. The third-order valence-electron chi connectivity index (χ3n) is 4.62. The Kier molecular flexibility index (Phi) is 9.65. The molecule has 0 spiro atoms. The minimum absolute atomic E-state index is 0.102. The van der Waals surface area contributed by atoms with Crippen molar-refractivity contribution in [2.24, 2.45) is 11.8 Å². The highest BCUT2D eigenvalue weighted by molar-refractivity contribution is 5.41. The second-order valence-electron chi connectivity index (χ2n) is 6.51. The van der Waals surface area contributed by atoms with Crippen molar-refractivity contribution in [1.82, 2.24) is 5.32 Å². The second-order valence-corrected chi connectivity index (χ2v) is 6.51. The number of rotatable bonds is 5. The lowest BCUT2D eigenvalue weighted by Gasteiger charge is -2.26. The van der Waals surface area contributed by atoms with Gasteiger partial charge in [-0.25, -0.2) is 0 Å². The smallest absolute Gasteiger partial charge is 0.101 e. The van der Waals surface area contributed by atoms with Crippen LogP contribution in [0.3, 0.4) is 0 Å². The Bertz CT molecular complexity index is 577. The maximum absolute atomic E-state index is 9.63. The largest absolute Gasteiger partial charge is 0.381 e. The molecule has 3 nitrogen and oxygen atoms in total. The Labute approximate surface area is 153 Å². The predicted octanol–water partition coefficient (Wildman–Crippen LogP) is 5.07. The topological polar surface area (TPSA) is 45.0 Å². The predicted molar refractivity (Wildman–Crippen MR) is 106 cm³/mol. The van der Waals surface area contributed by atoms with Crippen molar-refractivity contribution in [1.29, 1.82) is 5.26 Å². The molecule has 2 unspecified atom stereocenters. The van der Waals surface area contributed by atoms with Gasteiger partial charge in [0.1, 0.15) is 6.07 Å². The van der Waals surface area contributed by atoms with Gasteiger partial charge in [-0.2, -0.15) is 5.26 Å². The molecule has 1 heterocycles. The Hall–Kier alpha value is -2.05. The van der Waals surface area contributed by atoms with Crippen LogP contribution in [0.5, 0.6) is 0 Å². The van der Waals surface area contributed by atoms with Crippen LogP contribution in [0.15, 0.2) is 60.4 Å². The van der Waals surface area contributed by atoms with Crippen LogP contribution in [-0.4, -0.2) is 19.3 Å². The summed E-state index contributed by atoms with van der Waals surface area (Å²) >= 11 is 0. The van der Waals surface area contributed by atoms with E-state index in [0.717, 1.165) is 31.6 Å². The molecule has 0 radical (unpaired) electrons. The molecule has 1 aliphatic heterocycles. The van der Waals surface area contributed by atoms with Crippen molar-refractivity contribution in [3.8, 4) is 6.07 Å². The highest BCUT2D eigenvalue weighted by Crippen LogP contribution is 2.26. The number of nitrogens with one attached hydrogen (secondary N) is 1. The fraction of sp³-hybridized carbons (Fsp3) is 0.500. The third-order valence-corrected chi connectivity index (χ3v) is 4.62. The molecule has 136 valence electrons. The van der Waals surface area contributed by atoms with E-state index in [9.17, 15) is 5.26 Å². The van der Waals surface area contributed by atoms with Crippen molar-refractivity contribution >= 4 is 0 Å². The van der Waals surface area contributed by atoms with E-state index in [-0.39, 0.29) is 12.0 Å². The molecule has 3 heteroatoms. The SMILES string of the molecule is C=CCNC1=CCC(/C(C=C)=C/C)[C@H](C)OCCCC(C)C=C1C#N. The first-order valence-electron chi connectivity index (χ1n) is 9.14. The molecule has 1 aliphatic rings. The summed E-state index contributed by atoms with van der Waals surface area (Å²) in [4.78, 5) is 0. The van der Waals surface area contributed by atoms with Gasteiger partial charge in [-0.1, -0.05) is 43.9 Å². The molecule has 0 saturated carbocycles. The molecule has 3 atom stereocenters. The van der Waals surface area contributed by atoms with E-state index in [2.05, 4.69) is 56.6 Å². The van der Waals surface area contributed by atoms with Gasteiger partial charge in [0.05, 0.1) is 11.7 Å². The Morgan fingerprint density at radius 1 is 1.44 bits per heavy atom. The summed E-state index contributed by atoms with van der Waals surface area (Å²) < 4.78 is 6.09. The lowest BCUT2D eigenvalue weighted by molar-refractivity contribution is 0.0337. The second kappa shape index (κ2) is 11.5. The summed E-state index contributed by atoms with van der Waals surface area (Å²) in [6.07, 6.45) is 12.9. The highest BCUT2D eigenvalue weighted by Gasteiger charge is 2.21. The van der Waals surface area contributed by atoms with E-state index < -0.39 is 0 Å². The zero-order chi connectivity index (χ0) is 18.7. The van der Waals surface area contributed by atoms with Gasteiger partial charge in [-0.05, 0) is 44.6 Å². The van der Waals surface area contributed by atoms with E-state index in [0.29, 0.717) is 18.0 Å². The Morgan fingerprint density at radius 3 is 2.80 bits per heavy atom. The Morgan fingerprint density at radius 2 is 2.20 bits per heavy atom. The number of hydrogen-bond acceptors (Lipinski definition) is 3. The zero-order valence-corrected chi connectivity index (χ0v) is 15.9. The summed E-state index contributed by atoms with van der Waals surface area (Å²) in [7, 11) is 0. The van der Waals surface area contributed by atoms with Crippen LogP contribution in [0.1, 0.15) is 40.0 Å². The summed E-state index contributed by atoms with van der Waals surface area (Å²) in [5.41, 5.74) is 2.77. The van der Waals surface area contributed by atoms with Crippen LogP contribution in [-0.2, 0) is 4.74 Å². The average molecular weight is 341 g/mol.